The van der Waals surface area contributed by atoms with Gasteiger partial charge < -0.3 is 4.74 Å². The summed E-state index contributed by atoms with van der Waals surface area (Å²) in [4.78, 5) is 18.6. The molecule has 0 fully saturated rings. The average Bonchev–Trinajstić information content (AvgIpc) is 2.69. The maximum absolute atomic E-state index is 13.2. The number of hydrogen-bond donors (Lipinski definition) is 0. The number of aryl methyl sites for hydroxylation is 2. The highest BCUT2D eigenvalue weighted by molar-refractivity contribution is 5.93. The van der Waals surface area contributed by atoms with Gasteiger partial charge in [0.1, 0.15) is 17.4 Å². The molecular formula is C22H21FN2O2. The molecule has 4 nitrogen and oxygen atoms in total. The highest BCUT2D eigenvalue weighted by Gasteiger charge is 2.18. The van der Waals surface area contributed by atoms with Crippen LogP contribution in [0.5, 0.6) is 5.75 Å². The first kappa shape index (κ1) is 18.6. The summed E-state index contributed by atoms with van der Waals surface area (Å²) in [6.07, 6.45) is 1.63. The number of halogens is 1. The fourth-order valence-electron chi connectivity index (χ4n) is 2.61. The monoisotopic (exact) mass is 364 g/mol. The zero-order chi connectivity index (χ0) is 19.2. The second-order valence-corrected chi connectivity index (χ2v) is 6.33. The number of amides is 1. The first-order valence-electron chi connectivity index (χ1n) is 8.69. The van der Waals surface area contributed by atoms with Crippen LogP contribution in [0.15, 0.2) is 66.9 Å². The zero-order valence-corrected chi connectivity index (χ0v) is 15.4. The molecule has 0 aliphatic rings. The van der Waals surface area contributed by atoms with Crippen LogP contribution in [0.1, 0.15) is 16.7 Å². The molecule has 0 aliphatic carbocycles. The zero-order valence-electron chi connectivity index (χ0n) is 15.4. The van der Waals surface area contributed by atoms with E-state index in [0.29, 0.717) is 11.6 Å². The Kier molecular flexibility index (Phi) is 5.81. The van der Waals surface area contributed by atoms with E-state index in [1.54, 1.807) is 30.5 Å². The number of carbonyl (C=O) groups is 1. The second kappa shape index (κ2) is 8.45. The van der Waals surface area contributed by atoms with Crippen molar-refractivity contribution in [3.05, 3.63) is 89.4 Å². The third-order valence-corrected chi connectivity index (χ3v) is 4.32. The molecule has 0 saturated carbocycles. The van der Waals surface area contributed by atoms with Crippen LogP contribution in [0, 0.1) is 19.7 Å². The van der Waals surface area contributed by atoms with Crippen molar-refractivity contribution >= 4 is 11.7 Å². The van der Waals surface area contributed by atoms with E-state index in [1.807, 2.05) is 38.1 Å². The third-order valence-electron chi connectivity index (χ3n) is 4.32. The SMILES string of the molecule is Cc1ccc(OCC(=O)N(Cc2ccc(F)cc2)c2ccccn2)cc1C. The van der Waals surface area contributed by atoms with E-state index in [0.717, 1.165) is 11.1 Å². The lowest BCUT2D eigenvalue weighted by Gasteiger charge is -2.22. The molecule has 1 amide bonds. The van der Waals surface area contributed by atoms with Crippen LogP contribution in [-0.4, -0.2) is 17.5 Å². The standard InChI is InChI=1S/C22H21FN2O2/c1-16-6-11-20(13-17(16)2)27-15-22(26)25(21-5-3-4-12-24-21)14-18-7-9-19(23)10-8-18/h3-13H,14-15H2,1-2H3. The molecule has 0 aliphatic heterocycles. The Balaban J connectivity index is 1.76. The molecule has 1 heterocycles. The normalized spacial score (nSPS) is 10.5. The van der Waals surface area contributed by atoms with Gasteiger partial charge in [-0.25, -0.2) is 9.37 Å². The average molecular weight is 364 g/mol. The molecule has 0 bridgehead atoms. The Labute approximate surface area is 158 Å². The van der Waals surface area contributed by atoms with E-state index >= 15 is 0 Å². The second-order valence-electron chi connectivity index (χ2n) is 6.33. The number of ether oxygens (including phenoxy) is 1. The van der Waals surface area contributed by atoms with Crippen molar-refractivity contribution in [1.29, 1.82) is 0 Å². The largest absolute Gasteiger partial charge is 0.484 e. The van der Waals surface area contributed by atoms with Gasteiger partial charge in [-0.3, -0.25) is 9.69 Å². The van der Waals surface area contributed by atoms with Crippen LogP contribution in [0.25, 0.3) is 0 Å². The molecule has 3 rings (SSSR count). The van der Waals surface area contributed by atoms with Crippen molar-refractivity contribution in [1.82, 2.24) is 4.98 Å². The number of carbonyl (C=O) groups excluding carboxylic acids is 1. The van der Waals surface area contributed by atoms with Gasteiger partial charge in [0.15, 0.2) is 6.61 Å². The molecule has 0 N–H and O–H groups in total. The van der Waals surface area contributed by atoms with Crippen molar-refractivity contribution in [2.24, 2.45) is 0 Å². The van der Waals surface area contributed by atoms with Crippen molar-refractivity contribution in [3.63, 3.8) is 0 Å². The van der Waals surface area contributed by atoms with Crippen LogP contribution in [0.4, 0.5) is 10.2 Å². The summed E-state index contributed by atoms with van der Waals surface area (Å²) in [7, 11) is 0. The van der Waals surface area contributed by atoms with Gasteiger partial charge in [-0.2, -0.15) is 0 Å². The number of pyridine rings is 1. The van der Waals surface area contributed by atoms with Crippen LogP contribution in [0.3, 0.4) is 0 Å². The minimum Gasteiger partial charge on any atom is -0.484 e. The van der Waals surface area contributed by atoms with E-state index in [-0.39, 0.29) is 24.9 Å². The summed E-state index contributed by atoms with van der Waals surface area (Å²) in [5, 5.41) is 0. The van der Waals surface area contributed by atoms with Gasteiger partial charge in [0.2, 0.25) is 0 Å². The Morgan fingerprint density at radius 1 is 1.04 bits per heavy atom. The van der Waals surface area contributed by atoms with E-state index in [2.05, 4.69) is 4.98 Å². The summed E-state index contributed by atoms with van der Waals surface area (Å²) < 4.78 is 18.8. The smallest absolute Gasteiger partial charge is 0.266 e. The molecule has 0 unspecified atom stereocenters. The Morgan fingerprint density at radius 2 is 1.81 bits per heavy atom. The number of nitrogens with zero attached hydrogens (tertiary/aromatic N) is 2. The molecule has 27 heavy (non-hydrogen) atoms. The fraction of sp³-hybridized carbons (Fsp3) is 0.182. The van der Waals surface area contributed by atoms with Crippen molar-refractivity contribution in [2.45, 2.75) is 20.4 Å². The molecule has 5 heteroatoms. The highest BCUT2D eigenvalue weighted by atomic mass is 19.1. The van der Waals surface area contributed by atoms with Gasteiger partial charge >= 0.3 is 0 Å². The van der Waals surface area contributed by atoms with Gasteiger partial charge in [-0.05, 0) is 66.9 Å². The van der Waals surface area contributed by atoms with E-state index in [4.69, 9.17) is 4.74 Å². The fourth-order valence-corrected chi connectivity index (χ4v) is 2.61. The third kappa shape index (κ3) is 4.91. The highest BCUT2D eigenvalue weighted by Crippen LogP contribution is 2.18. The molecule has 0 saturated heterocycles. The van der Waals surface area contributed by atoms with Crippen LogP contribution in [-0.2, 0) is 11.3 Å². The van der Waals surface area contributed by atoms with Crippen LogP contribution >= 0.6 is 0 Å². The van der Waals surface area contributed by atoms with Gasteiger partial charge in [0.05, 0.1) is 6.54 Å². The molecule has 0 spiro atoms. The summed E-state index contributed by atoms with van der Waals surface area (Å²) in [5.41, 5.74) is 3.08. The number of aromatic nitrogens is 1. The first-order chi connectivity index (χ1) is 13.0. The van der Waals surface area contributed by atoms with Crippen molar-refractivity contribution in [2.75, 3.05) is 11.5 Å². The van der Waals surface area contributed by atoms with Crippen molar-refractivity contribution < 1.29 is 13.9 Å². The summed E-state index contributed by atoms with van der Waals surface area (Å²) in [5.74, 6) is 0.633. The quantitative estimate of drug-likeness (QED) is 0.649. The lowest BCUT2D eigenvalue weighted by Crippen LogP contribution is -2.35. The maximum atomic E-state index is 13.2. The summed E-state index contributed by atoms with van der Waals surface area (Å²) in [6, 6.07) is 17.2. The Morgan fingerprint density at radius 3 is 2.48 bits per heavy atom. The predicted octanol–water partition coefficient (Wildman–Crippen LogP) is 4.45. The Hall–Kier alpha value is -3.21. The minimum atomic E-state index is -0.312. The summed E-state index contributed by atoms with van der Waals surface area (Å²) in [6.45, 7) is 4.20. The van der Waals surface area contributed by atoms with Crippen LogP contribution in [0.2, 0.25) is 0 Å². The predicted molar refractivity (Wildman–Crippen MR) is 103 cm³/mol. The van der Waals surface area contributed by atoms with E-state index < -0.39 is 0 Å². The van der Waals surface area contributed by atoms with Crippen molar-refractivity contribution in [3.8, 4) is 5.75 Å². The van der Waals surface area contributed by atoms with Gasteiger partial charge in [0.25, 0.3) is 5.91 Å². The summed E-state index contributed by atoms with van der Waals surface area (Å²) >= 11 is 0. The van der Waals surface area contributed by atoms with E-state index in [1.165, 1.54) is 22.6 Å². The maximum Gasteiger partial charge on any atom is 0.266 e. The number of anilines is 1. The molecule has 2 aromatic carbocycles. The van der Waals surface area contributed by atoms with E-state index in [9.17, 15) is 9.18 Å². The Bertz CT molecular complexity index is 911. The topological polar surface area (TPSA) is 42.4 Å². The van der Waals surface area contributed by atoms with Gasteiger partial charge in [-0.1, -0.05) is 24.3 Å². The number of hydrogen-bond acceptors (Lipinski definition) is 3. The number of benzene rings is 2. The van der Waals surface area contributed by atoms with Crippen LogP contribution < -0.4 is 9.64 Å². The number of rotatable bonds is 6. The van der Waals surface area contributed by atoms with Gasteiger partial charge in [-0.15, -0.1) is 0 Å². The lowest BCUT2D eigenvalue weighted by atomic mass is 10.1. The molecular weight excluding hydrogens is 343 g/mol. The first-order valence-corrected chi connectivity index (χ1v) is 8.69. The molecule has 138 valence electrons. The van der Waals surface area contributed by atoms with Gasteiger partial charge in [0, 0.05) is 6.20 Å². The lowest BCUT2D eigenvalue weighted by molar-refractivity contribution is -0.120. The minimum absolute atomic E-state index is 0.111. The molecule has 0 radical (unpaired) electrons. The molecule has 1 aromatic heterocycles. The molecule has 0 atom stereocenters. The molecule has 3 aromatic rings.